The molecule has 3 nitrogen and oxygen atoms in total. The van der Waals surface area contributed by atoms with E-state index in [0.717, 1.165) is 11.3 Å². The minimum absolute atomic E-state index is 0.409. The van der Waals surface area contributed by atoms with E-state index in [0.29, 0.717) is 24.4 Å². The molecule has 0 aromatic heterocycles. The third-order valence-electron chi connectivity index (χ3n) is 2.33. The lowest BCUT2D eigenvalue weighted by Crippen LogP contribution is -2.02. The first-order chi connectivity index (χ1) is 8.17. The van der Waals surface area contributed by atoms with Gasteiger partial charge in [0.2, 0.25) is 0 Å². The van der Waals surface area contributed by atoms with E-state index in [4.69, 9.17) is 16.7 Å². The number of carbonyl (C=O) groups is 1. The zero-order valence-electron chi connectivity index (χ0n) is 9.74. The molecule has 0 aliphatic heterocycles. The van der Waals surface area contributed by atoms with Crippen LogP contribution in [0.1, 0.15) is 18.9 Å². The Balaban J connectivity index is 2.76. The van der Waals surface area contributed by atoms with Gasteiger partial charge in [0, 0.05) is 23.7 Å². The van der Waals surface area contributed by atoms with Crippen molar-refractivity contribution in [2.24, 2.45) is 0 Å². The molecular formula is C13H16ClNO2. The van der Waals surface area contributed by atoms with Gasteiger partial charge in [-0.05, 0) is 30.2 Å². The molecule has 0 aliphatic carbocycles. The van der Waals surface area contributed by atoms with Crippen molar-refractivity contribution in [1.29, 1.82) is 0 Å². The van der Waals surface area contributed by atoms with E-state index >= 15 is 0 Å². The lowest BCUT2D eigenvalue weighted by atomic mass is 10.1. The third-order valence-corrected chi connectivity index (χ3v) is 2.52. The van der Waals surface area contributed by atoms with Gasteiger partial charge in [-0.25, -0.2) is 4.79 Å². The van der Waals surface area contributed by atoms with E-state index in [1.165, 1.54) is 0 Å². The number of carboxylic acids is 1. The Morgan fingerprint density at radius 2 is 2.06 bits per heavy atom. The highest BCUT2D eigenvalue weighted by atomic mass is 35.5. The minimum atomic E-state index is -0.864. The van der Waals surface area contributed by atoms with Gasteiger partial charge in [0.15, 0.2) is 0 Å². The molecule has 0 aliphatic rings. The van der Waals surface area contributed by atoms with Crippen molar-refractivity contribution < 1.29 is 9.90 Å². The highest BCUT2D eigenvalue weighted by Gasteiger charge is 2.03. The van der Waals surface area contributed by atoms with Crippen molar-refractivity contribution >= 4 is 29.3 Å². The van der Waals surface area contributed by atoms with Gasteiger partial charge in [0.05, 0.1) is 0 Å². The normalized spacial score (nSPS) is 11.3. The molecule has 92 valence electrons. The molecular weight excluding hydrogens is 238 g/mol. The molecule has 1 aromatic rings. The second-order valence-electron chi connectivity index (χ2n) is 3.57. The van der Waals surface area contributed by atoms with Crippen LogP contribution in [0.3, 0.4) is 0 Å². The Morgan fingerprint density at radius 3 is 2.53 bits per heavy atom. The third kappa shape index (κ3) is 4.49. The fourth-order valence-corrected chi connectivity index (χ4v) is 1.50. The van der Waals surface area contributed by atoms with Crippen LogP contribution < -0.4 is 5.32 Å². The molecule has 1 rings (SSSR count). The minimum Gasteiger partial charge on any atom is -0.478 e. The molecule has 0 unspecified atom stereocenters. The Morgan fingerprint density at radius 1 is 1.41 bits per heavy atom. The first-order valence-electron chi connectivity index (χ1n) is 5.51. The number of alkyl halides is 1. The quantitative estimate of drug-likeness (QED) is 0.605. The van der Waals surface area contributed by atoms with Gasteiger partial charge in [-0.2, -0.15) is 0 Å². The number of hydrogen-bond donors (Lipinski definition) is 2. The average molecular weight is 254 g/mol. The first kappa shape index (κ1) is 13.6. The number of benzene rings is 1. The summed E-state index contributed by atoms with van der Waals surface area (Å²) in [6.45, 7) is 2.54. The zero-order valence-corrected chi connectivity index (χ0v) is 10.5. The van der Waals surface area contributed by atoms with Crippen molar-refractivity contribution in [3.05, 3.63) is 35.4 Å². The van der Waals surface area contributed by atoms with E-state index < -0.39 is 5.97 Å². The smallest absolute Gasteiger partial charge is 0.331 e. The average Bonchev–Trinajstić information content (AvgIpc) is 2.34. The Kier molecular flexibility index (Phi) is 5.57. The first-order valence-corrected chi connectivity index (χ1v) is 6.04. The number of anilines is 1. The molecule has 0 fully saturated rings. The van der Waals surface area contributed by atoms with Gasteiger partial charge in [-0.15, -0.1) is 11.6 Å². The number of nitrogens with one attached hydrogen (secondary N) is 1. The van der Waals surface area contributed by atoms with Crippen molar-refractivity contribution in [2.45, 2.75) is 13.3 Å². The van der Waals surface area contributed by atoms with Gasteiger partial charge in [0.1, 0.15) is 0 Å². The summed E-state index contributed by atoms with van der Waals surface area (Å²) in [7, 11) is 0. The van der Waals surface area contributed by atoms with E-state index in [1.54, 1.807) is 6.08 Å². The summed E-state index contributed by atoms with van der Waals surface area (Å²) in [5.41, 5.74) is 2.28. The van der Waals surface area contributed by atoms with Crippen LogP contribution in [0, 0.1) is 0 Å². The molecule has 0 spiro atoms. The largest absolute Gasteiger partial charge is 0.478 e. The van der Waals surface area contributed by atoms with E-state index in [2.05, 4.69) is 5.32 Å². The SMILES string of the molecule is CCC(=Cc1ccc(NCCCl)cc1)C(=O)O. The maximum atomic E-state index is 10.8. The molecule has 0 heterocycles. The summed E-state index contributed by atoms with van der Waals surface area (Å²) in [6.07, 6.45) is 2.20. The highest BCUT2D eigenvalue weighted by molar-refractivity contribution is 6.18. The standard InChI is InChI=1S/C13H16ClNO2/c1-2-11(13(16)17)9-10-3-5-12(6-4-10)15-8-7-14/h3-6,9,15H,2,7-8H2,1H3,(H,16,17). The molecule has 0 amide bonds. The van der Waals surface area contributed by atoms with Crippen LogP contribution in [0.2, 0.25) is 0 Å². The summed E-state index contributed by atoms with van der Waals surface area (Å²) in [4.78, 5) is 10.8. The number of halogens is 1. The molecule has 4 heteroatoms. The number of rotatable bonds is 6. The summed E-state index contributed by atoms with van der Waals surface area (Å²) in [5.74, 6) is -0.308. The highest BCUT2D eigenvalue weighted by Crippen LogP contribution is 2.14. The van der Waals surface area contributed by atoms with E-state index in [-0.39, 0.29) is 0 Å². The van der Waals surface area contributed by atoms with Crippen LogP contribution in [0.25, 0.3) is 6.08 Å². The monoisotopic (exact) mass is 253 g/mol. The number of carboxylic acid groups (broad SMARTS) is 1. The number of hydrogen-bond acceptors (Lipinski definition) is 2. The zero-order chi connectivity index (χ0) is 12.7. The Bertz CT molecular complexity index is 398. The molecule has 0 radical (unpaired) electrons. The fourth-order valence-electron chi connectivity index (χ4n) is 1.40. The second kappa shape index (κ2) is 6.97. The van der Waals surface area contributed by atoms with Crippen LogP contribution >= 0.6 is 11.6 Å². The van der Waals surface area contributed by atoms with Crippen LogP contribution in [0.4, 0.5) is 5.69 Å². The fraction of sp³-hybridized carbons (Fsp3) is 0.308. The molecule has 17 heavy (non-hydrogen) atoms. The van der Waals surface area contributed by atoms with Gasteiger partial charge in [0.25, 0.3) is 0 Å². The molecule has 0 bridgehead atoms. The van der Waals surface area contributed by atoms with Crippen LogP contribution in [0.5, 0.6) is 0 Å². The van der Waals surface area contributed by atoms with Crippen molar-refractivity contribution in [3.8, 4) is 0 Å². The Hall–Kier alpha value is -1.48. The molecule has 0 saturated carbocycles. The topological polar surface area (TPSA) is 49.3 Å². The molecule has 0 saturated heterocycles. The summed E-state index contributed by atoms with van der Waals surface area (Å²) in [5, 5.41) is 12.1. The van der Waals surface area contributed by atoms with Crippen LogP contribution in [0.15, 0.2) is 29.8 Å². The predicted molar refractivity (Wildman–Crippen MR) is 71.6 cm³/mol. The van der Waals surface area contributed by atoms with Gasteiger partial charge >= 0.3 is 5.97 Å². The maximum absolute atomic E-state index is 10.8. The van der Waals surface area contributed by atoms with Crippen LogP contribution in [-0.4, -0.2) is 23.5 Å². The van der Waals surface area contributed by atoms with Crippen molar-refractivity contribution in [3.63, 3.8) is 0 Å². The summed E-state index contributed by atoms with van der Waals surface area (Å²) < 4.78 is 0. The lowest BCUT2D eigenvalue weighted by molar-refractivity contribution is -0.132. The van der Waals surface area contributed by atoms with Gasteiger partial charge in [-0.3, -0.25) is 0 Å². The van der Waals surface area contributed by atoms with E-state index in [1.807, 2.05) is 31.2 Å². The van der Waals surface area contributed by atoms with Crippen molar-refractivity contribution in [2.75, 3.05) is 17.7 Å². The number of aliphatic carboxylic acids is 1. The van der Waals surface area contributed by atoms with Crippen molar-refractivity contribution in [1.82, 2.24) is 0 Å². The lowest BCUT2D eigenvalue weighted by Gasteiger charge is -2.04. The van der Waals surface area contributed by atoms with E-state index in [9.17, 15) is 4.79 Å². The predicted octanol–water partition coefficient (Wildman–Crippen LogP) is 3.22. The van der Waals surface area contributed by atoms with Gasteiger partial charge < -0.3 is 10.4 Å². The molecule has 2 N–H and O–H groups in total. The van der Waals surface area contributed by atoms with Gasteiger partial charge in [-0.1, -0.05) is 19.1 Å². The van der Waals surface area contributed by atoms with Crippen LogP contribution in [-0.2, 0) is 4.79 Å². The summed E-state index contributed by atoms with van der Waals surface area (Å²) >= 11 is 5.57. The second-order valence-corrected chi connectivity index (χ2v) is 3.94. The Labute approximate surface area is 106 Å². The summed E-state index contributed by atoms with van der Waals surface area (Å²) in [6, 6.07) is 7.59. The molecule has 0 atom stereocenters. The molecule has 1 aromatic carbocycles. The maximum Gasteiger partial charge on any atom is 0.331 e.